The predicted octanol–water partition coefficient (Wildman–Crippen LogP) is 5.55. The number of anilines is 1. The molecule has 0 unspecified atom stereocenters. The Morgan fingerprint density at radius 2 is 1.35 bits per heavy atom. The van der Waals surface area contributed by atoms with E-state index in [0.717, 1.165) is 16.7 Å². The summed E-state index contributed by atoms with van der Waals surface area (Å²) < 4.78 is 10.7. The molecule has 0 heterocycles. The first kappa shape index (κ1) is 22.7. The Hall–Kier alpha value is -4.45. The van der Waals surface area contributed by atoms with Crippen LogP contribution in [0.1, 0.15) is 33.0 Å². The second-order valence-electron chi connectivity index (χ2n) is 7.72. The van der Waals surface area contributed by atoms with E-state index in [1.54, 1.807) is 55.6 Å². The number of carbonyl (C=O) groups excluding carboxylic acids is 1. The number of phenols is 2. The molecular weight excluding hydrogens is 430 g/mol. The number of benzene rings is 4. The zero-order valence-electron chi connectivity index (χ0n) is 18.9. The molecule has 0 radical (unpaired) electrons. The highest BCUT2D eigenvalue weighted by Crippen LogP contribution is 2.36. The average molecular weight is 456 g/mol. The summed E-state index contributed by atoms with van der Waals surface area (Å²) in [6.45, 7) is 0. The zero-order chi connectivity index (χ0) is 24.1. The molecule has 4 aromatic carbocycles. The zero-order valence-corrected chi connectivity index (χ0v) is 18.9. The van der Waals surface area contributed by atoms with Crippen LogP contribution in [0.5, 0.6) is 23.0 Å². The third kappa shape index (κ3) is 4.81. The average Bonchev–Trinajstić information content (AvgIpc) is 2.87. The predicted molar refractivity (Wildman–Crippen MR) is 131 cm³/mol. The number of carbonyl (C=O) groups is 1. The Balaban J connectivity index is 1.77. The molecule has 0 saturated carbocycles. The molecule has 0 aromatic heterocycles. The van der Waals surface area contributed by atoms with Gasteiger partial charge < -0.3 is 25.0 Å². The number of aromatic hydroxyl groups is 2. The minimum absolute atomic E-state index is 0.158. The number of hydrogen-bond acceptors (Lipinski definition) is 5. The van der Waals surface area contributed by atoms with Crippen molar-refractivity contribution in [2.75, 3.05) is 19.5 Å². The molecule has 0 aliphatic carbocycles. The van der Waals surface area contributed by atoms with Crippen LogP contribution in [0.2, 0.25) is 0 Å². The summed E-state index contributed by atoms with van der Waals surface area (Å²) >= 11 is 0. The second kappa shape index (κ2) is 10.0. The quantitative estimate of drug-likeness (QED) is 0.318. The van der Waals surface area contributed by atoms with Gasteiger partial charge in [0.1, 0.15) is 23.0 Å². The van der Waals surface area contributed by atoms with Gasteiger partial charge >= 0.3 is 0 Å². The summed E-state index contributed by atoms with van der Waals surface area (Å²) in [5.41, 5.74) is 3.58. The summed E-state index contributed by atoms with van der Waals surface area (Å²) in [4.78, 5) is 13.5. The SMILES string of the molecule is COc1ccc(NC(=O)c2ccccc2C(c2ccc(O)cc2)c2ccc(O)cc2)c(OC)c1. The van der Waals surface area contributed by atoms with E-state index in [-0.39, 0.29) is 23.3 Å². The lowest BCUT2D eigenvalue weighted by molar-refractivity contribution is 0.102. The molecule has 6 nitrogen and oxygen atoms in total. The van der Waals surface area contributed by atoms with Crippen molar-refractivity contribution in [2.45, 2.75) is 5.92 Å². The molecule has 0 aliphatic heterocycles. The Morgan fingerprint density at radius 1 is 0.765 bits per heavy atom. The van der Waals surface area contributed by atoms with Crippen molar-refractivity contribution in [1.82, 2.24) is 0 Å². The van der Waals surface area contributed by atoms with Gasteiger partial charge in [0.25, 0.3) is 5.91 Å². The van der Waals surface area contributed by atoms with Gasteiger partial charge in [-0.3, -0.25) is 4.79 Å². The highest BCUT2D eigenvalue weighted by atomic mass is 16.5. The number of amides is 1. The third-order valence-corrected chi connectivity index (χ3v) is 5.63. The van der Waals surface area contributed by atoms with Crippen molar-refractivity contribution in [2.24, 2.45) is 0 Å². The molecule has 6 heteroatoms. The van der Waals surface area contributed by atoms with Crippen LogP contribution < -0.4 is 14.8 Å². The lowest BCUT2D eigenvalue weighted by Gasteiger charge is -2.22. The topological polar surface area (TPSA) is 88.0 Å². The Morgan fingerprint density at radius 3 is 1.91 bits per heavy atom. The molecule has 3 N–H and O–H groups in total. The molecule has 0 fully saturated rings. The summed E-state index contributed by atoms with van der Waals surface area (Å²) in [6.07, 6.45) is 0. The lowest BCUT2D eigenvalue weighted by Crippen LogP contribution is -2.17. The number of ether oxygens (including phenoxy) is 2. The van der Waals surface area contributed by atoms with Crippen LogP contribution in [0, 0.1) is 0 Å². The minimum atomic E-state index is -0.305. The van der Waals surface area contributed by atoms with E-state index in [1.807, 2.05) is 42.5 Å². The van der Waals surface area contributed by atoms with E-state index in [9.17, 15) is 15.0 Å². The summed E-state index contributed by atoms with van der Waals surface area (Å²) in [7, 11) is 3.10. The smallest absolute Gasteiger partial charge is 0.256 e. The van der Waals surface area contributed by atoms with Gasteiger partial charge in [-0.15, -0.1) is 0 Å². The van der Waals surface area contributed by atoms with E-state index in [2.05, 4.69) is 5.32 Å². The van der Waals surface area contributed by atoms with Gasteiger partial charge in [-0.25, -0.2) is 0 Å². The number of hydrogen-bond donors (Lipinski definition) is 3. The number of rotatable bonds is 7. The number of methoxy groups -OCH3 is 2. The van der Waals surface area contributed by atoms with Crippen molar-refractivity contribution in [3.8, 4) is 23.0 Å². The molecule has 0 aliphatic rings. The highest BCUT2D eigenvalue weighted by Gasteiger charge is 2.23. The van der Waals surface area contributed by atoms with Crippen LogP contribution in [0.3, 0.4) is 0 Å². The molecule has 4 rings (SSSR count). The largest absolute Gasteiger partial charge is 0.508 e. The molecular formula is C28H25NO5. The van der Waals surface area contributed by atoms with Gasteiger partial charge in [-0.2, -0.15) is 0 Å². The molecule has 0 atom stereocenters. The van der Waals surface area contributed by atoms with Gasteiger partial charge in [0.05, 0.1) is 19.9 Å². The van der Waals surface area contributed by atoms with Crippen LogP contribution in [0.25, 0.3) is 0 Å². The Kier molecular flexibility index (Phi) is 6.69. The lowest BCUT2D eigenvalue weighted by atomic mass is 9.82. The first-order valence-electron chi connectivity index (χ1n) is 10.7. The van der Waals surface area contributed by atoms with E-state index in [1.165, 1.54) is 7.11 Å². The van der Waals surface area contributed by atoms with Crippen molar-refractivity contribution in [3.63, 3.8) is 0 Å². The monoisotopic (exact) mass is 455 g/mol. The number of phenolic OH excluding ortho intramolecular Hbond substituents is 2. The first-order valence-corrected chi connectivity index (χ1v) is 10.7. The van der Waals surface area contributed by atoms with Gasteiger partial charge in [0.2, 0.25) is 0 Å². The van der Waals surface area contributed by atoms with Gasteiger partial charge in [-0.05, 0) is 59.2 Å². The van der Waals surface area contributed by atoms with Crippen molar-refractivity contribution in [1.29, 1.82) is 0 Å². The van der Waals surface area contributed by atoms with Crippen molar-refractivity contribution >= 4 is 11.6 Å². The standard InChI is InChI=1S/C28H25NO5/c1-33-22-15-16-25(26(17-22)34-2)29-28(32)24-6-4-3-5-23(24)27(18-7-11-20(30)12-8-18)19-9-13-21(31)14-10-19/h3-17,27,30-31H,1-2H3,(H,29,32). The molecule has 0 bridgehead atoms. The molecule has 0 spiro atoms. The first-order chi connectivity index (χ1) is 16.5. The van der Waals surface area contributed by atoms with E-state index in [0.29, 0.717) is 22.7 Å². The van der Waals surface area contributed by atoms with Gasteiger partial charge in [-0.1, -0.05) is 42.5 Å². The van der Waals surface area contributed by atoms with Crippen LogP contribution in [0.4, 0.5) is 5.69 Å². The second-order valence-corrected chi connectivity index (χ2v) is 7.72. The van der Waals surface area contributed by atoms with Crippen LogP contribution in [-0.4, -0.2) is 30.3 Å². The van der Waals surface area contributed by atoms with E-state index >= 15 is 0 Å². The maximum Gasteiger partial charge on any atom is 0.256 e. The summed E-state index contributed by atoms with van der Waals surface area (Å²) in [6, 6.07) is 26.3. The van der Waals surface area contributed by atoms with Crippen LogP contribution in [-0.2, 0) is 0 Å². The van der Waals surface area contributed by atoms with Crippen LogP contribution in [0.15, 0.2) is 91.0 Å². The van der Waals surface area contributed by atoms with E-state index in [4.69, 9.17) is 9.47 Å². The van der Waals surface area contributed by atoms with Crippen molar-refractivity contribution in [3.05, 3.63) is 113 Å². The normalized spacial score (nSPS) is 10.7. The maximum absolute atomic E-state index is 13.5. The molecule has 0 saturated heterocycles. The Bertz CT molecular complexity index is 1240. The van der Waals surface area contributed by atoms with Crippen LogP contribution >= 0.6 is 0 Å². The Labute approximate surface area is 198 Å². The summed E-state index contributed by atoms with van der Waals surface area (Å²) in [5, 5.41) is 22.5. The fraction of sp³-hybridized carbons (Fsp3) is 0.107. The van der Waals surface area contributed by atoms with Crippen molar-refractivity contribution < 1.29 is 24.5 Å². The molecule has 172 valence electrons. The number of nitrogens with one attached hydrogen (secondary N) is 1. The molecule has 34 heavy (non-hydrogen) atoms. The molecule has 1 amide bonds. The van der Waals surface area contributed by atoms with E-state index < -0.39 is 0 Å². The third-order valence-electron chi connectivity index (χ3n) is 5.63. The van der Waals surface area contributed by atoms with Gasteiger partial charge in [0.15, 0.2) is 0 Å². The minimum Gasteiger partial charge on any atom is -0.508 e. The highest BCUT2D eigenvalue weighted by molar-refractivity contribution is 6.06. The summed E-state index contributed by atoms with van der Waals surface area (Å²) in [5.74, 6) is 0.827. The fourth-order valence-corrected chi connectivity index (χ4v) is 3.93. The van der Waals surface area contributed by atoms with Gasteiger partial charge in [0, 0.05) is 17.5 Å². The molecule has 4 aromatic rings. The fourth-order valence-electron chi connectivity index (χ4n) is 3.93. The maximum atomic E-state index is 13.5.